The third kappa shape index (κ3) is 2.24. The van der Waals surface area contributed by atoms with Crippen molar-refractivity contribution in [2.45, 2.75) is 26.3 Å². The molecular formula is C14H19N3O. The van der Waals surface area contributed by atoms with E-state index in [2.05, 4.69) is 17.7 Å². The van der Waals surface area contributed by atoms with Gasteiger partial charge in [0.05, 0.1) is 0 Å². The average molecular weight is 245 g/mol. The van der Waals surface area contributed by atoms with Gasteiger partial charge < -0.3 is 16.0 Å². The highest BCUT2D eigenvalue weighted by Gasteiger charge is 2.10. The number of fused-ring (bicyclic) bond motifs is 1. The van der Waals surface area contributed by atoms with Gasteiger partial charge in [-0.1, -0.05) is 6.92 Å². The zero-order valence-corrected chi connectivity index (χ0v) is 10.6. The van der Waals surface area contributed by atoms with Crippen molar-refractivity contribution in [3.05, 3.63) is 35.5 Å². The Morgan fingerprint density at radius 3 is 2.78 bits per heavy atom. The molecule has 0 atom stereocenters. The summed E-state index contributed by atoms with van der Waals surface area (Å²) in [6, 6.07) is 5.61. The molecule has 0 saturated heterocycles. The second-order valence-electron chi connectivity index (χ2n) is 4.48. The van der Waals surface area contributed by atoms with Crippen LogP contribution in [0.4, 0.5) is 0 Å². The van der Waals surface area contributed by atoms with Gasteiger partial charge in [0.25, 0.3) is 0 Å². The van der Waals surface area contributed by atoms with E-state index in [1.54, 1.807) is 6.07 Å². The highest BCUT2D eigenvalue weighted by Crippen LogP contribution is 2.23. The quantitative estimate of drug-likeness (QED) is 0.840. The van der Waals surface area contributed by atoms with Crippen molar-refractivity contribution in [1.29, 1.82) is 0 Å². The molecule has 1 aromatic carbocycles. The summed E-state index contributed by atoms with van der Waals surface area (Å²) in [4.78, 5) is 11.2. The first kappa shape index (κ1) is 12.6. The lowest BCUT2D eigenvalue weighted by molar-refractivity contribution is 0.100. The molecule has 4 N–H and O–H groups in total. The molecule has 0 saturated carbocycles. The van der Waals surface area contributed by atoms with Gasteiger partial charge >= 0.3 is 0 Å². The number of aromatic nitrogens is 1. The molecule has 18 heavy (non-hydrogen) atoms. The molecule has 0 aliphatic heterocycles. The zero-order chi connectivity index (χ0) is 13.1. The Labute approximate surface area is 107 Å². The maximum absolute atomic E-state index is 11.2. The van der Waals surface area contributed by atoms with Gasteiger partial charge in [0.15, 0.2) is 0 Å². The number of benzene rings is 1. The minimum Gasteiger partial charge on any atom is -0.366 e. The fraction of sp³-hybridized carbons (Fsp3) is 0.357. The standard InChI is InChI=1S/C14H19N3O/c1-2-7-17-9-11(5-6-15)12-8-10(14(16)18)3-4-13(12)17/h3-4,8-9H,2,5-7,15H2,1H3,(H2,16,18). The molecule has 1 heterocycles. The van der Waals surface area contributed by atoms with Crippen LogP contribution in [0.5, 0.6) is 0 Å². The van der Waals surface area contributed by atoms with Crippen LogP contribution in [0.3, 0.4) is 0 Å². The minimum absolute atomic E-state index is 0.390. The number of carbonyl (C=O) groups excluding carboxylic acids is 1. The second kappa shape index (κ2) is 5.23. The van der Waals surface area contributed by atoms with Crippen LogP contribution < -0.4 is 11.5 Å². The molecule has 1 aromatic heterocycles. The summed E-state index contributed by atoms with van der Waals surface area (Å²) in [5, 5.41) is 1.09. The number of aryl methyl sites for hydroxylation is 1. The van der Waals surface area contributed by atoms with Gasteiger partial charge in [0.2, 0.25) is 5.91 Å². The summed E-state index contributed by atoms with van der Waals surface area (Å²) in [5.74, 6) is -0.390. The van der Waals surface area contributed by atoms with Crippen molar-refractivity contribution in [3.8, 4) is 0 Å². The number of hydrogen-bond acceptors (Lipinski definition) is 2. The maximum atomic E-state index is 11.2. The van der Waals surface area contributed by atoms with Crippen molar-refractivity contribution in [2.75, 3.05) is 6.54 Å². The zero-order valence-electron chi connectivity index (χ0n) is 10.6. The Balaban J connectivity index is 2.59. The van der Waals surface area contributed by atoms with E-state index in [1.165, 1.54) is 5.56 Å². The largest absolute Gasteiger partial charge is 0.366 e. The summed E-state index contributed by atoms with van der Waals surface area (Å²) in [6.07, 6.45) is 4.02. The smallest absolute Gasteiger partial charge is 0.248 e. The summed E-state index contributed by atoms with van der Waals surface area (Å²) >= 11 is 0. The van der Waals surface area contributed by atoms with Crippen LogP contribution in [0.25, 0.3) is 10.9 Å². The topological polar surface area (TPSA) is 74.0 Å². The molecule has 0 radical (unpaired) electrons. The highest BCUT2D eigenvalue weighted by molar-refractivity contribution is 5.98. The van der Waals surface area contributed by atoms with Gasteiger partial charge in [-0.2, -0.15) is 0 Å². The molecule has 0 bridgehead atoms. The van der Waals surface area contributed by atoms with Crippen LogP contribution in [-0.4, -0.2) is 17.0 Å². The normalized spacial score (nSPS) is 11.0. The summed E-state index contributed by atoms with van der Waals surface area (Å²) in [5.41, 5.74) is 13.8. The van der Waals surface area contributed by atoms with Crippen molar-refractivity contribution in [2.24, 2.45) is 11.5 Å². The molecule has 4 nitrogen and oxygen atoms in total. The molecule has 4 heteroatoms. The van der Waals surface area contributed by atoms with E-state index in [-0.39, 0.29) is 5.91 Å². The molecule has 0 aliphatic rings. The molecule has 96 valence electrons. The number of primary amides is 1. The number of rotatable bonds is 5. The van der Waals surface area contributed by atoms with E-state index in [9.17, 15) is 4.79 Å². The lowest BCUT2D eigenvalue weighted by Gasteiger charge is -2.03. The second-order valence-corrected chi connectivity index (χ2v) is 4.48. The molecule has 0 aliphatic carbocycles. The Kier molecular flexibility index (Phi) is 3.67. The lowest BCUT2D eigenvalue weighted by Crippen LogP contribution is -2.10. The van der Waals surface area contributed by atoms with E-state index in [0.717, 1.165) is 30.3 Å². The van der Waals surface area contributed by atoms with Crippen molar-refractivity contribution >= 4 is 16.8 Å². The highest BCUT2D eigenvalue weighted by atomic mass is 16.1. The van der Waals surface area contributed by atoms with Crippen LogP contribution >= 0.6 is 0 Å². The van der Waals surface area contributed by atoms with E-state index in [0.29, 0.717) is 12.1 Å². The number of amides is 1. The molecule has 0 spiro atoms. The summed E-state index contributed by atoms with van der Waals surface area (Å²) < 4.78 is 2.21. The predicted molar refractivity (Wildman–Crippen MR) is 73.5 cm³/mol. The van der Waals surface area contributed by atoms with Gasteiger partial charge in [0.1, 0.15) is 0 Å². The lowest BCUT2D eigenvalue weighted by atomic mass is 10.1. The van der Waals surface area contributed by atoms with E-state index >= 15 is 0 Å². The molecular weight excluding hydrogens is 226 g/mol. The molecule has 1 amide bonds. The van der Waals surface area contributed by atoms with E-state index < -0.39 is 0 Å². The third-order valence-electron chi connectivity index (χ3n) is 3.13. The number of hydrogen-bond donors (Lipinski definition) is 2. The van der Waals surface area contributed by atoms with Crippen molar-refractivity contribution in [3.63, 3.8) is 0 Å². The van der Waals surface area contributed by atoms with Crippen LogP contribution in [0.2, 0.25) is 0 Å². The van der Waals surface area contributed by atoms with Crippen LogP contribution in [-0.2, 0) is 13.0 Å². The molecule has 0 fully saturated rings. The van der Waals surface area contributed by atoms with Gasteiger partial charge in [-0.15, -0.1) is 0 Å². The average Bonchev–Trinajstić information content (AvgIpc) is 2.68. The van der Waals surface area contributed by atoms with E-state index in [4.69, 9.17) is 11.5 Å². The van der Waals surface area contributed by atoms with Crippen LogP contribution in [0.15, 0.2) is 24.4 Å². The van der Waals surface area contributed by atoms with Crippen LogP contribution in [0.1, 0.15) is 29.3 Å². The van der Waals surface area contributed by atoms with Gasteiger partial charge in [-0.25, -0.2) is 0 Å². The summed E-state index contributed by atoms with van der Waals surface area (Å²) in [7, 11) is 0. The number of carbonyl (C=O) groups is 1. The Morgan fingerprint density at radius 2 is 2.17 bits per heavy atom. The molecule has 2 aromatic rings. The summed E-state index contributed by atoms with van der Waals surface area (Å²) in [6.45, 7) is 3.72. The monoisotopic (exact) mass is 245 g/mol. The van der Waals surface area contributed by atoms with Gasteiger partial charge in [-0.05, 0) is 43.1 Å². The van der Waals surface area contributed by atoms with Gasteiger partial charge in [-0.3, -0.25) is 4.79 Å². The first-order chi connectivity index (χ1) is 8.67. The third-order valence-corrected chi connectivity index (χ3v) is 3.13. The van der Waals surface area contributed by atoms with Crippen molar-refractivity contribution in [1.82, 2.24) is 4.57 Å². The molecule has 0 unspecified atom stereocenters. The predicted octanol–water partition coefficient (Wildman–Crippen LogP) is 1.65. The number of nitrogens with two attached hydrogens (primary N) is 2. The van der Waals surface area contributed by atoms with Gasteiger partial charge in [0, 0.05) is 29.2 Å². The van der Waals surface area contributed by atoms with Crippen LogP contribution in [0, 0.1) is 0 Å². The number of nitrogens with zero attached hydrogens (tertiary/aromatic N) is 1. The van der Waals surface area contributed by atoms with Crippen molar-refractivity contribution < 1.29 is 4.79 Å². The minimum atomic E-state index is -0.390. The Bertz CT molecular complexity index is 572. The fourth-order valence-electron chi connectivity index (χ4n) is 2.30. The van der Waals surface area contributed by atoms with E-state index in [1.807, 2.05) is 12.1 Å². The first-order valence-electron chi connectivity index (χ1n) is 6.29. The maximum Gasteiger partial charge on any atom is 0.248 e. The SMILES string of the molecule is CCCn1cc(CCN)c2cc(C(N)=O)ccc21. The Morgan fingerprint density at radius 1 is 1.39 bits per heavy atom. The molecule has 2 rings (SSSR count). The first-order valence-corrected chi connectivity index (χ1v) is 6.29. The fourth-order valence-corrected chi connectivity index (χ4v) is 2.30. The Hall–Kier alpha value is -1.81.